The minimum Gasteiger partial charge on any atom is -0.392 e. The molecule has 0 saturated carbocycles. The summed E-state index contributed by atoms with van der Waals surface area (Å²) in [5.74, 6) is 0.573. The van der Waals surface area contributed by atoms with Crippen LogP contribution in [-0.2, 0) is 18.3 Å². The first kappa shape index (κ1) is 17.9. The highest BCUT2D eigenvalue weighted by Crippen LogP contribution is 2.21. The standard InChI is InChI=1S/C14H24N4O2.ClH/c1-14(2,3)7-9-5-12(18(4)17-9)16-13(20)11-6-10(19)8-15-11;/h5,10-11,15,19H,6-8H2,1-4H3,(H,16,20);1H. The molecular weight excluding hydrogens is 292 g/mol. The SMILES string of the molecule is Cl.Cn1nc(CC(C)(C)C)cc1NC(=O)C1CC(O)CN1. The molecule has 2 unspecified atom stereocenters. The summed E-state index contributed by atoms with van der Waals surface area (Å²) in [6.07, 6.45) is 0.879. The number of carbonyl (C=O) groups excluding carboxylic acids is 1. The molecule has 6 nitrogen and oxygen atoms in total. The Labute approximate surface area is 131 Å². The van der Waals surface area contributed by atoms with E-state index in [4.69, 9.17) is 0 Å². The topological polar surface area (TPSA) is 79.2 Å². The predicted molar refractivity (Wildman–Crippen MR) is 84.7 cm³/mol. The van der Waals surface area contributed by atoms with Gasteiger partial charge in [-0.15, -0.1) is 12.4 Å². The molecule has 120 valence electrons. The molecule has 7 heteroatoms. The van der Waals surface area contributed by atoms with Crippen LogP contribution in [0.2, 0.25) is 0 Å². The average Bonchev–Trinajstić information content (AvgIpc) is 2.84. The second kappa shape index (κ2) is 6.77. The van der Waals surface area contributed by atoms with Gasteiger partial charge in [-0.2, -0.15) is 5.10 Å². The molecule has 1 aromatic rings. The number of anilines is 1. The second-order valence-electron chi connectivity index (χ2n) is 6.72. The molecule has 21 heavy (non-hydrogen) atoms. The number of β-amino-alcohol motifs (C(OH)–C–C–N with tert-alkyl or cyclic N) is 1. The maximum absolute atomic E-state index is 12.1. The number of hydrogen-bond acceptors (Lipinski definition) is 4. The van der Waals surface area contributed by atoms with Crippen molar-refractivity contribution >= 4 is 24.1 Å². The van der Waals surface area contributed by atoms with Crippen LogP contribution in [0, 0.1) is 5.41 Å². The van der Waals surface area contributed by atoms with E-state index >= 15 is 0 Å². The van der Waals surface area contributed by atoms with Crippen LogP contribution in [0.1, 0.15) is 32.9 Å². The van der Waals surface area contributed by atoms with Crippen molar-refractivity contribution in [3.05, 3.63) is 11.8 Å². The number of hydrogen-bond donors (Lipinski definition) is 3. The highest BCUT2D eigenvalue weighted by atomic mass is 35.5. The molecule has 0 aliphatic carbocycles. The number of carbonyl (C=O) groups is 1. The van der Waals surface area contributed by atoms with Crippen LogP contribution in [-0.4, -0.2) is 39.5 Å². The van der Waals surface area contributed by atoms with Gasteiger partial charge in [0.2, 0.25) is 5.91 Å². The van der Waals surface area contributed by atoms with Gasteiger partial charge in [0.25, 0.3) is 0 Å². The Hall–Kier alpha value is -1.11. The number of aliphatic hydroxyl groups excluding tert-OH is 1. The van der Waals surface area contributed by atoms with Crippen molar-refractivity contribution in [3.8, 4) is 0 Å². The van der Waals surface area contributed by atoms with E-state index in [0.29, 0.717) is 18.8 Å². The molecule has 0 aromatic carbocycles. The summed E-state index contributed by atoms with van der Waals surface area (Å²) in [6.45, 7) is 6.94. The molecule has 0 spiro atoms. The summed E-state index contributed by atoms with van der Waals surface area (Å²) < 4.78 is 1.68. The van der Waals surface area contributed by atoms with E-state index in [1.807, 2.05) is 13.1 Å². The highest BCUT2D eigenvalue weighted by molar-refractivity contribution is 5.94. The van der Waals surface area contributed by atoms with Gasteiger partial charge in [0.15, 0.2) is 0 Å². The minimum absolute atomic E-state index is 0. The minimum atomic E-state index is -0.436. The summed E-state index contributed by atoms with van der Waals surface area (Å²) in [4.78, 5) is 12.1. The van der Waals surface area contributed by atoms with Crippen LogP contribution < -0.4 is 10.6 Å². The first-order chi connectivity index (χ1) is 9.24. The number of amides is 1. The van der Waals surface area contributed by atoms with Crippen LogP contribution in [0.15, 0.2) is 6.07 Å². The monoisotopic (exact) mass is 316 g/mol. The van der Waals surface area contributed by atoms with E-state index in [-0.39, 0.29) is 29.8 Å². The van der Waals surface area contributed by atoms with Crippen molar-refractivity contribution in [2.24, 2.45) is 12.5 Å². The lowest BCUT2D eigenvalue weighted by atomic mass is 9.91. The third-order valence-corrected chi connectivity index (χ3v) is 3.32. The van der Waals surface area contributed by atoms with Gasteiger partial charge in [0.05, 0.1) is 17.8 Å². The molecule has 1 aliphatic heterocycles. The molecule has 1 saturated heterocycles. The van der Waals surface area contributed by atoms with E-state index in [2.05, 4.69) is 36.5 Å². The van der Waals surface area contributed by atoms with Crippen LogP contribution in [0.3, 0.4) is 0 Å². The lowest BCUT2D eigenvalue weighted by Crippen LogP contribution is -2.35. The number of halogens is 1. The highest BCUT2D eigenvalue weighted by Gasteiger charge is 2.28. The van der Waals surface area contributed by atoms with Gasteiger partial charge in [0, 0.05) is 19.7 Å². The summed E-state index contributed by atoms with van der Waals surface area (Å²) >= 11 is 0. The Kier molecular flexibility index (Phi) is 5.78. The van der Waals surface area contributed by atoms with E-state index in [1.54, 1.807) is 4.68 Å². The number of nitrogens with zero attached hydrogens (tertiary/aromatic N) is 2. The third-order valence-electron chi connectivity index (χ3n) is 3.32. The Balaban J connectivity index is 0.00000220. The Morgan fingerprint density at radius 3 is 2.76 bits per heavy atom. The van der Waals surface area contributed by atoms with E-state index in [0.717, 1.165) is 12.1 Å². The quantitative estimate of drug-likeness (QED) is 0.780. The van der Waals surface area contributed by atoms with Crippen LogP contribution in [0.25, 0.3) is 0 Å². The van der Waals surface area contributed by atoms with Crippen molar-refractivity contribution < 1.29 is 9.90 Å². The molecule has 1 aromatic heterocycles. The van der Waals surface area contributed by atoms with E-state index in [9.17, 15) is 9.90 Å². The van der Waals surface area contributed by atoms with Gasteiger partial charge in [0.1, 0.15) is 5.82 Å². The molecule has 0 radical (unpaired) electrons. The summed E-state index contributed by atoms with van der Waals surface area (Å²) in [5.41, 5.74) is 1.13. The number of aromatic nitrogens is 2. The van der Waals surface area contributed by atoms with Gasteiger partial charge in [-0.3, -0.25) is 9.48 Å². The molecular formula is C14H25ClN4O2. The average molecular weight is 317 g/mol. The zero-order valence-corrected chi connectivity index (χ0v) is 13.8. The van der Waals surface area contributed by atoms with Crippen LogP contribution >= 0.6 is 12.4 Å². The van der Waals surface area contributed by atoms with E-state index in [1.165, 1.54) is 0 Å². The Bertz CT molecular complexity index is 496. The molecule has 1 amide bonds. The fourth-order valence-electron chi connectivity index (χ4n) is 2.40. The van der Waals surface area contributed by atoms with Gasteiger partial charge < -0.3 is 15.7 Å². The number of aryl methyl sites for hydroxylation is 1. The summed E-state index contributed by atoms with van der Waals surface area (Å²) in [7, 11) is 1.82. The second-order valence-corrected chi connectivity index (χ2v) is 6.72. The molecule has 2 rings (SSSR count). The molecule has 2 atom stereocenters. The van der Waals surface area contributed by atoms with Crippen molar-refractivity contribution in [3.63, 3.8) is 0 Å². The Morgan fingerprint density at radius 1 is 1.57 bits per heavy atom. The van der Waals surface area contributed by atoms with Gasteiger partial charge in [-0.25, -0.2) is 0 Å². The number of rotatable bonds is 3. The molecule has 3 N–H and O–H groups in total. The maximum atomic E-state index is 12.1. The first-order valence-corrected chi connectivity index (χ1v) is 7.00. The third kappa shape index (κ3) is 4.98. The summed E-state index contributed by atoms with van der Waals surface area (Å²) in [5, 5.41) is 19.7. The normalized spacial score (nSPS) is 22.0. The largest absolute Gasteiger partial charge is 0.392 e. The maximum Gasteiger partial charge on any atom is 0.242 e. The van der Waals surface area contributed by atoms with Crippen molar-refractivity contribution in [1.29, 1.82) is 0 Å². The molecule has 1 aliphatic rings. The van der Waals surface area contributed by atoms with E-state index < -0.39 is 6.10 Å². The number of nitrogens with one attached hydrogen (secondary N) is 2. The molecule has 0 bridgehead atoms. The van der Waals surface area contributed by atoms with Gasteiger partial charge in [-0.05, 0) is 18.3 Å². The molecule has 2 heterocycles. The smallest absolute Gasteiger partial charge is 0.242 e. The zero-order chi connectivity index (χ0) is 14.9. The van der Waals surface area contributed by atoms with Crippen LogP contribution in [0.5, 0.6) is 0 Å². The fourth-order valence-corrected chi connectivity index (χ4v) is 2.40. The van der Waals surface area contributed by atoms with Gasteiger partial charge >= 0.3 is 0 Å². The Morgan fingerprint density at radius 2 is 2.24 bits per heavy atom. The fraction of sp³-hybridized carbons (Fsp3) is 0.714. The molecule has 1 fully saturated rings. The van der Waals surface area contributed by atoms with Crippen LogP contribution in [0.4, 0.5) is 5.82 Å². The van der Waals surface area contributed by atoms with Gasteiger partial charge in [-0.1, -0.05) is 20.8 Å². The zero-order valence-electron chi connectivity index (χ0n) is 13.0. The van der Waals surface area contributed by atoms with Crippen molar-refractivity contribution in [1.82, 2.24) is 15.1 Å². The first-order valence-electron chi connectivity index (χ1n) is 7.00. The lowest BCUT2D eigenvalue weighted by molar-refractivity contribution is -0.118. The van der Waals surface area contributed by atoms with Crippen molar-refractivity contribution in [2.75, 3.05) is 11.9 Å². The van der Waals surface area contributed by atoms with Crippen molar-refractivity contribution in [2.45, 2.75) is 45.8 Å². The predicted octanol–water partition coefficient (Wildman–Crippen LogP) is 1.09. The lowest BCUT2D eigenvalue weighted by Gasteiger charge is -2.15. The number of aliphatic hydroxyl groups is 1. The summed E-state index contributed by atoms with van der Waals surface area (Å²) in [6, 6.07) is 1.58.